The van der Waals surface area contributed by atoms with Gasteiger partial charge in [-0.05, 0) is 99.0 Å². The van der Waals surface area contributed by atoms with E-state index in [-0.39, 0.29) is 12.0 Å². The summed E-state index contributed by atoms with van der Waals surface area (Å²) in [6.45, 7) is 7.74. The standard InChI is InChI=1S/C43H47ClN6O4/c1-42(2,3)54-41(53)49-26-22-43(23-27-49,50-29-38(46-47-50)31-14-18-36(19-15-31)48-24-20-37(51)21-25-48)40(52)45-39(32-12-16-35(44)17-13-32)34-11-7-10-33(28-34)30-8-5-4-6-9-30/h4-19,28-29,37,39,51H,20-27H2,1-3H3,(H,45,52). The van der Waals surface area contributed by atoms with Crippen LogP contribution in [0.2, 0.25) is 5.02 Å². The van der Waals surface area contributed by atoms with Gasteiger partial charge < -0.3 is 25.0 Å². The first-order valence-corrected chi connectivity index (χ1v) is 19.0. The highest BCUT2D eigenvalue weighted by Crippen LogP contribution is 2.35. The number of hydrogen-bond acceptors (Lipinski definition) is 7. The van der Waals surface area contributed by atoms with Crippen LogP contribution in [-0.4, -0.2) is 74.9 Å². The molecular weight excluding hydrogens is 700 g/mol. The zero-order chi connectivity index (χ0) is 37.9. The van der Waals surface area contributed by atoms with E-state index in [0.29, 0.717) is 36.6 Å². The van der Waals surface area contributed by atoms with E-state index in [1.54, 1.807) is 9.58 Å². The number of ether oxygens (including phenoxy) is 1. The normalized spacial score (nSPS) is 16.8. The fraction of sp³-hybridized carbons (Fsp3) is 0.349. The molecule has 2 saturated heterocycles. The molecule has 1 unspecified atom stereocenters. The summed E-state index contributed by atoms with van der Waals surface area (Å²) in [6.07, 6.45) is 3.30. The van der Waals surface area contributed by atoms with Crippen LogP contribution in [0.1, 0.15) is 63.6 Å². The van der Waals surface area contributed by atoms with Crippen LogP contribution < -0.4 is 10.2 Å². The third-order valence-electron chi connectivity index (χ3n) is 10.4. The Kier molecular flexibility index (Phi) is 10.8. The molecule has 0 aliphatic carbocycles. The molecule has 0 radical (unpaired) electrons. The molecule has 1 aromatic heterocycles. The van der Waals surface area contributed by atoms with E-state index in [1.165, 1.54) is 0 Å². The average Bonchev–Trinajstić information content (AvgIpc) is 3.69. The fourth-order valence-electron chi connectivity index (χ4n) is 7.33. The van der Waals surface area contributed by atoms with E-state index in [9.17, 15) is 9.90 Å². The van der Waals surface area contributed by atoms with Crippen LogP contribution in [0.5, 0.6) is 0 Å². The van der Waals surface area contributed by atoms with Crippen LogP contribution in [0, 0.1) is 0 Å². The number of aromatic nitrogens is 3. The second-order valence-electron chi connectivity index (χ2n) is 15.3. The quantitative estimate of drug-likeness (QED) is 0.166. The van der Waals surface area contributed by atoms with Crippen molar-refractivity contribution in [2.75, 3.05) is 31.1 Å². The van der Waals surface area contributed by atoms with E-state index in [1.807, 2.05) is 93.7 Å². The zero-order valence-electron chi connectivity index (χ0n) is 31.0. The minimum Gasteiger partial charge on any atom is -0.444 e. The van der Waals surface area contributed by atoms with E-state index in [2.05, 4.69) is 56.9 Å². The molecule has 11 heteroatoms. The maximum Gasteiger partial charge on any atom is 0.410 e. The Morgan fingerprint density at radius 3 is 2.17 bits per heavy atom. The highest BCUT2D eigenvalue weighted by Gasteiger charge is 2.46. The third kappa shape index (κ3) is 8.30. The summed E-state index contributed by atoms with van der Waals surface area (Å²) in [5.41, 5.74) is 4.71. The Morgan fingerprint density at radius 1 is 0.833 bits per heavy atom. The third-order valence-corrected chi connectivity index (χ3v) is 10.6. The lowest BCUT2D eigenvalue weighted by atomic mass is 9.85. The minimum absolute atomic E-state index is 0.226. The molecule has 2 amide bonds. The Bertz CT molecular complexity index is 2050. The molecule has 0 saturated carbocycles. The van der Waals surface area contributed by atoms with Gasteiger partial charge in [-0.25, -0.2) is 9.48 Å². The predicted molar refractivity (Wildman–Crippen MR) is 211 cm³/mol. The number of likely N-dealkylation sites (tertiary alicyclic amines) is 1. The summed E-state index contributed by atoms with van der Waals surface area (Å²) in [4.78, 5) is 32.1. The molecule has 1 atom stereocenters. The Balaban J connectivity index is 1.21. The van der Waals surface area contributed by atoms with Gasteiger partial charge in [0, 0.05) is 42.5 Å². The molecule has 54 heavy (non-hydrogen) atoms. The Labute approximate surface area is 321 Å². The molecule has 5 aromatic rings. The molecule has 7 rings (SSSR count). The molecule has 2 aliphatic heterocycles. The van der Waals surface area contributed by atoms with E-state index < -0.39 is 23.3 Å². The van der Waals surface area contributed by atoms with Gasteiger partial charge in [0.2, 0.25) is 5.91 Å². The minimum atomic E-state index is -1.15. The van der Waals surface area contributed by atoms with Crippen molar-refractivity contribution in [2.45, 2.75) is 69.7 Å². The number of hydrogen-bond donors (Lipinski definition) is 2. The van der Waals surface area contributed by atoms with Crippen LogP contribution in [0.25, 0.3) is 22.4 Å². The number of carbonyl (C=O) groups excluding carboxylic acids is 2. The van der Waals surface area contributed by atoms with Gasteiger partial charge in [0.05, 0.1) is 18.3 Å². The predicted octanol–water partition coefficient (Wildman–Crippen LogP) is 7.86. The van der Waals surface area contributed by atoms with Gasteiger partial charge in [-0.1, -0.05) is 89.6 Å². The second kappa shape index (κ2) is 15.7. The van der Waals surface area contributed by atoms with Crippen LogP contribution in [0.4, 0.5) is 10.5 Å². The summed E-state index contributed by atoms with van der Waals surface area (Å²) in [5, 5.41) is 23.1. The number of aliphatic hydroxyl groups excluding tert-OH is 1. The van der Waals surface area contributed by atoms with Gasteiger partial charge in [-0.3, -0.25) is 4.79 Å². The van der Waals surface area contributed by atoms with Gasteiger partial charge in [0.1, 0.15) is 16.8 Å². The van der Waals surface area contributed by atoms with Gasteiger partial charge in [-0.2, -0.15) is 0 Å². The topological polar surface area (TPSA) is 113 Å². The first-order chi connectivity index (χ1) is 26.0. The number of piperidine rings is 2. The summed E-state index contributed by atoms with van der Waals surface area (Å²) < 4.78 is 7.38. The number of nitrogens with one attached hydrogen (secondary N) is 1. The van der Waals surface area contributed by atoms with Crippen molar-refractivity contribution >= 4 is 29.3 Å². The number of anilines is 1. The van der Waals surface area contributed by atoms with Crippen LogP contribution in [-0.2, 0) is 15.1 Å². The van der Waals surface area contributed by atoms with Crippen molar-refractivity contribution in [1.29, 1.82) is 0 Å². The molecule has 3 heterocycles. The number of rotatable bonds is 8. The number of nitrogens with zero attached hydrogens (tertiary/aromatic N) is 5. The smallest absolute Gasteiger partial charge is 0.410 e. The van der Waals surface area contributed by atoms with Crippen LogP contribution in [0.3, 0.4) is 0 Å². The molecule has 2 fully saturated rings. The largest absolute Gasteiger partial charge is 0.444 e. The molecular formula is C43H47ClN6O4. The van der Waals surface area contributed by atoms with Crippen molar-refractivity contribution in [3.63, 3.8) is 0 Å². The van der Waals surface area contributed by atoms with Crippen molar-refractivity contribution < 1.29 is 19.4 Å². The van der Waals surface area contributed by atoms with E-state index >= 15 is 4.79 Å². The van der Waals surface area contributed by atoms with Crippen molar-refractivity contribution in [1.82, 2.24) is 25.2 Å². The first kappa shape index (κ1) is 37.1. The molecule has 4 aromatic carbocycles. The summed E-state index contributed by atoms with van der Waals surface area (Å²) in [5.74, 6) is -0.226. The van der Waals surface area contributed by atoms with Gasteiger partial charge in [0.15, 0.2) is 0 Å². The maximum absolute atomic E-state index is 15.0. The number of aliphatic hydroxyl groups is 1. The number of benzene rings is 4. The van der Waals surface area contributed by atoms with Gasteiger partial charge >= 0.3 is 6.09 Å². The number of halogens is 1. The lowest BCUT2D eigenvalue weighted by Crippen LogP contribution is -2.57. The maximum atomic E-state index is 15.0. The zero-order valence-corrected chi connectivity index (χ0v) is 31.7. The molecule has 2 N–H and O–H groups in total. The van der Waals surface area contributed by atoms with Crippen LogP contribution in [0.15, 0.2) is 109 Å². The molecule has 0 spiro atoms. The lowest BCUT2D eigenvalue weighted by Gasteiger charge is -2.41. The van der Waals surface area contributed by atoms with E-state index in [4.69, 9.17) is 16.3 Å². The summed E-state index contributed by atoms with van der Waals surface area (Å²) >= 11 is 6.32. The van der Waals surface area contributed by atoms with Crippen molar-refractivity contribution in [3.8, 4) is 22.4 Å². The molecule has 0 bridgehead atoms. The van der Waals surface area contributed by atoms with E-state index in [0.717, 1.165) is 59.4 Å². The Morgan fingerprint density at radius 2 is 1.50 bits per heavy atom. The van der Waals surface area contributed by atoms with Crippen molar-refractivity contribution in [2.24, 2.45) is 0 Å². The number of carbonyl (C=O) groups is 2. The summed E-state index contributed by atoms with van der Waals surface area (Å²) in [6, 6.07) is 33.5. The summed E-state index contributed by atoms with van der Waals surface area (Å²) in [7, 11) is 0. The SMILES string of the molecule is CC(C)(C)OC(=O)N1CCC(C(=O)NC(c2ccc(Cl)cc2)c2cccc(-c3ccccc3)c2)(n2cc(-c3ccc(N4CCC(O)CC4)cc3)nn2)CC1. The number of amides is 2. The average molecular weight is 747 g/mol. The lowest BCUT2D eigenvalue weighted by molar-refractivity contribution is -0.134. The van der Waals surface area contributed by atoms with Gasteiger partial charge in [0.25, 0.3) is 0 Å². The van der Waals surface area contributed by atoms with Gasteiger partial charge in [-0.15, -0.1) is 5.10 Å². The van der Waals surface area contributed by atoms with Crippen LogP contribution >= 0.6 is 11.6 Å². The fourth-order valence-corrected chi connectivity index (χ4v) is 7.45. The Hall–Kier alpha value is -5.19. The molecule has 10 nitrogen and oxygen atoms in total. The van der Waals surface area contributed by atoms with Crippen molar-refractivity contribution in [3.05, 3.63) is 125 Å². The molecule has 2 aliphatic rings. The highest BCUT2D eigenvalue weighted by molar-refractivity contribution is 6.30. The first-order valence-electron chi connectivity index (χ1n) is 18.6. The monoisotopic (exact) mass is 746 g/mol. The second-order valence-corrected chi connectivity index (χ2v) is 15.7. The highest BCUT2D eigenvalue weighted by atomic mass is 35.5. The molecule has 280 valence electrons.